The van der Waals surface area contributed by atoms with Crippen LogP contribution in [0.4, 0.5) is 0 Å². The molecule has 0 fully saturated rings. The van der Waals surface area contributed by atoms with Crippen LogP contribution in [-0.4, -0.2) is 22.6 Å². The molecule has 0 aromatic heterocycles. The number of ether oxygens (including phenoxy) is 2. The second-order valence-corrected chi connectivity index (χ2v) is 5.24. The maximum Gasteiger partial charge on any atom is 0.174 e. The number of hydrogen-bond acceptors (Lipinski definition) is 5. The molecule has 1 atom stereocenters. The summed E-state index contributed by atoms with van der Waals surface area (Å²) in [5.74, 6) is 0.487. The lowest BCUT2D eigenvalue weighted by Crippen LogP contribution is -2.20. The Labute approximate surface area is 133 Å². The molecule has 2 aromatic carbocycles. The van der Waals surface area contributed by atoms with Crippen LogP contribution in [0.15, 0.2) is 49.1 Å². The number of carbonyl (C=O) groups is 1. The molecule has 1 aliphatic heterocycles. The highest BCUT2D eigenvalue weighted by Crippen LogP contribution is 2.42. The zero-order valence-electron chi connectivity index (χ0n) is 12.4. The molecule has 0 unspecified atom stereocenters. The largest absolute Gasteiger partial charge is 0.508 e. The van der Waals surface area contributed by atoms with E-state index in [1.165, 1.54) is 6.07 Å². The first-order chi connectivity index (χ1) is 11.1. The Morgan fingerprint density at radius 2 is 2.00 bits per heavy atom. The van der Waals surface area contributed by atoms with Gasteiger partial charge in [0.1, 0.15) is 41.3 Å². The normalized spacial score (nSPS) is 16.3. The summed E-state index contributed by atoms with van der Waals surface area (Å²) >= 11 is 0. The zero-order valence-corrected chi connectivity index (χ0v) is 12.4. The number of fused-ring (bicyclic) bond motifs is 1. The van der Waals surface area contributed by atoms with Crippen molar-refractivity contribution in [1.82, 2.24) is 0 Å². The topological polar surface area (TPSA) is 76.0 Å². The van der Waals surface area contributed by atoms with E-state index in [0.29, 0.717) is 11.5 Å². The number of hydrogen-bond donors (Lipinski definition) is 2. The molecule has 0 saturated carbocycles. The van der Waals surface area contributed by atoms with Crippen molar-refractivity contribution < 1.29 is 24.5 Å². The van der Waals surface area contributed by atoms with E-state index < -0.39 is 6.10 Å². The first kappa shape index (κ1) is 15.0. The number of ketones is 1. The quantitative estimate of drug-likeness (QED) is 0.847. The van der Waals surface area contributed by atoms with Crippen LogP contribution in [-0.2, 0) is 0 Å². The van der Waals surface area contributed by atoms with Gasteiger partial charge in [-0.1, -0.05) is 24.8 Å². The molecule has 5 heteroatoms. The fraction of sp³-hybridized carbons (Fsp3) is 0.167. The molecule has 0 bridgehead atoms. The Bertz CT molecular complexity index is 749. The summed E-state index contributed by atoms with van der Waals surface area (Å²) in [4.78, 5) is 12.3. The molecule has 118 valence electrons. The number of Topliss-reactive ketones (excluding diaryl/α,β-unsaturated/α-hetero) is 1. The van der Waals surface area contributed by atoms with Crippen molar-refractivity contribution in [1.29, 1.82) is 0 Å². The number of phenols is 2. The Morgan fingerprint density at radius 3 is 2.70 bits per heavy atom. The Kier molecular flexibility index (Phi) is 3.93. The van der Waals surface area contributed by atoms with Crippen LogP contribution in [0.25, 0.3) is 0 Å². The van der Waals surface area contributed by atoms with Crippen LogP contribution in [0.5, 0.6) is 23.0 Å². The summed E-state index contributed by atoms with van der Waals surface area (Å²) in [6.07, 6.45) is 1.24. The average Bonchev–Trinajstić information content (AvgIpc) is 2.52. The maximum atomic E-state index is 12.3. The molecule has 3 rings (SSSR count). The third-order valence-electron chi connectivity index (χ3n) is 3.61. The average molecular weight is 312 g/mol. The highest BCUT2D eigenvalue weighted by Gasteiger charge is 2.30. The molecule has 0 radical (unpaired) electrons. The van der Waals surface area contributed by atoms with Crippen molar-refractivity contribution in [3.05, 3.63) is 60.2 Å². The van der Waals surface area contributed by atoms with Gasteiger partial charge in [-0.15, -0.1) is 0 Å². The van der Waals surface area contributed by atoms with Crippen LogP contribution >= 0.6 is 0 Å². The molecule has 0 spiro atoms. The van der Waals surface area contributed by atoms with Gasteiger partial charge in [-0.2, -0.15) is 0 Å². The van der Waals surface area contributed by atoms with Crippen molar-refractivity contribution in [3.8, 4) is 23.0 Å². The van der Waals surface area contributed by atoms with E-state index in [1.807, 2.05) is 0 Å². The number of aromatic hydroxyl groups is 2. The van der Waals surface area contributed by atoms with Gasteiger partial charge in [-0.05, 0) is 17.7 Å². The zero-order chi connectivity index (χ0) is 16.4. The summed E-state index contributed by atoms with van der Waals surface area (Å²) in [7, 11) is 0. The second-order valence-electron chi connectivity index (χ2n) is 5.24. The lowest BCUT2D eigenvalue weighted by molar-refractivity contribution is 0.0844. The van der Waals surface area contributed by atoms with Crippen LogP contribution in [0.1, 0.15) is 28.4 Å². The highest BCUT2D eigenvalue weighted by molar-refractivity contribution is 6.02. The Balaban J connectivity index is 1.94. The van der Waals surface area contributed by atoms with Gasteiger partial charge >= 0.3 is 0 Å². The number of rotatable bonds is 4. The van der Waals surface area contributed by atoms with Gasteiger partial charge in [0.05, 0.1) is 6.42 Å². The van der Waals surface area contributed by atoms with E-state index >= 15 is 0 Å². The lowest BCUT2D eigenvalue weighted by atomic mass is 9.95. The second kappa shape index (κ2) is 6.04. The van der Waals surface area contributed by atoms with E-state index in [-0.39, 0.29) is 35.9 Å². The van der Waals surface area contributed by atoms with Gasteiger partial charge in [0.15, 0.2) is 5.78 Å². The van der Waals surface area contributed by atoms with Gasteiger partial charge in [0.2, 0.25) is 0 Å². The molecule has 2 N–H and O–H groups in total. The van der Waals surface area contributed by atoms with E-state index in [2.05, 4.69) is 6.58 Å². The van der Waals surface area contributed by atoms with Crippen molar-refractivity contribution in [2.75, 3.05) is 6.61 Å². The van der Waals surface area contributed by atoms with Gasteiger partial charge in [-0.25, -0.2) is 0 Å². The van der Waals surface area contributed by atoms with Crippen molar-refractivity contribution in [2.24, 2.45) is 0 Å². The van der Waals surface area contributed by atoms with Gasteiger partial charge in [0.25, 0.3) is 0 Å². The van der Waals surface area contributed by atoms with Gasteiger partial charge in [0, 0.05) is 12.1 Å². The third kappa shape index (κ3) is 2.99. The summed E-state index contributed by atoms with van der Waals surface area (Å²) < 4.78 is 11.3. The maximum absolute atomic E-state index is 12.3. The number of benzene rings is 2. The van der Waals surface area contributed by atoms with Crippen LogP contribution in [0.2, 0.25) is 0 Å². The Morgan fingerprint density at radius 1 is 1.26 bits per heavy atom. The van der Waals surface area contributed by atoms with Crippen molar-refractivity contribution >= 4 is 5.78 Å². The molecule has 5 nitrogen and oxygen atoms in total. The molecule has 0 aliphatic carbocycles. The molecule has 2 aromatic rings. The summed E-state index contributed by atoms with van der Waals surface area (Å²) in [6.45, 7) is 3.85. The minimum absolute atomic E-state index is 0.123. The van der Waals surface area contributed by atoms with E-state index in [9.17, 15) is 15.0 Å². The molecule has 0 saturated heterocycles. The smallest absolute Gasteiger partial charge is 0.174 e. The van der Waals surface area contributed by atoms with Crippen LogP contribution in [0.3, 0.4) is 0 Å². The van der Waals surface area contributed by atoms with Crippen molar-refractivity contribution in [2.45, 2.75) is 12.5 Å². The monoisotopic (exact) mass is 312 g/mol. The minimum atomic E-state index is -0.468. The molecular weight excluding hydrogens is 296 g/mol. The SMILES string of the molecule is C=CCOc1cc(O)c2c(c1)O[C@@H](c1ccc(O)cc1)CC2=O. The summed E-state index contributed by atoms with van der Waals surface area (Å²) in [6, 6.07) is 9.47. The van der Waals surface area contributed by atoms with Crippen molar-refractivity contribution in [3.63, 3.8) is 0 Å². The number of carbonyl (C=O) groups excluding carboxylic acids is 1. The van der Waals surface area contributed by atoms with E-state index in [1.54, 1.807) is 36.4 Å². The van der Waals surface area contributed by atoms with E-state index in [4.69, 9.17) is 9.47 Å². The molecule has 1 aliphatic rings. The van der Waals surface area contributed by atoms with Gasteiger partial charge in [-0.3, -0.25) is 4.79 Å². The van der Waals surface area contributed by atoms with Crippen LogP contribution in [0, 0.1) is 0 Å². The van der Waals surface area contributed by atoms with Crippen LogP contribution < -0.4 is 9.47 Å². The standard InChI is InChI=1S/C18H16O5/c1-2-7-22-13-8-14(20)18-15(21)10-16(23-17(18)9-13)11-3-5-12(19)6-4-11/h2-6,8-9,16,19-20H,1,7,10H2/t16-/m1/s1. The number of phenolic OH excluding ortho intramolecular Hbond substituents is 2. The molecule has 0 amide bonds. The van der Waals surface area contributed by atoms with E-state index in [0.717, 1.165) is 5.56 Å². The van der Waals surface area contributed by atoms with Gasteiger partial charge < -0.3 is 19.7 Å². The molecule has 23 heavy (non-hydrogen) atoms. The fourth-order valence-electron chi connectivity index (χ4n) is 2.53. The summed E-state index contributed by atoms with van der Waals surface area (Å²) in [5, 5.41) is 19.4. The third-order valence-corrected chi connectivity index (χ3v) is 3.61. The fourth-order valence-corrected chi connectivity index (χ4v) is 2.53. The Hall–Kier alpha value is -2.95. The first-order valence-electron chi connectivity index (χ1n) is 7.18. The minimum Gasteiger partial charge on any atom is -0.508 e. The highest BCUT2D eigenvalue weighted by atomic mass is 16.5. The molecular formula is C18H16O5. The summed E-state index contributed by atoms with van der Waals surface area (Å²) in [5.41, 5.74) is 0.949. The molecule has 1 heterocycles. The first-order valence-corrected chi connectivity index (χ1v) is 7.18. The predicted molar refractivity (Wildman–Crippen MR) is 84.2 cm³/mol. The predicted octanol–water partition coefficient (Wildman–Crippen LogP) is 3.37. The lowest BCUT2D eigenvalue weighted by Gasteiger charge is -2.26.